The number of halogens is 2. The van der Waals surface area contributed by atoms with Gasteiger partial charge in [0.2, 0.25) is 0 Å². The number of thiophene rings is 1. The molecule has 1 saturated heterocycles. The Labute approximate surface area is 276 Å². The maximum Gasteiger partial charge on any atom is 0.439 e. The number of aromatic amines is 1. The number of nitrogens with zero attached hydrogens (tertiary/aromatic N) is 5. The minimum atomic E-state index is -0.707. The molecule has 12 heteroatoms. The van der Waals surface area contributed by atoms with Crippen LogP contribution in [0.25, 0.3) is 31.9 Å². The number of aromatic nitrogens is 4. The van der Waals surface area contributed by atoms with Crippen molar-refractivity contribution in [2.75, 3.05) is 18.0 Å². The zero-order valence-corrected chi connectivity index (χ0v) is 26.4. The number of nitrogens with one attached hydrogen (secondary N) is 1. The van der Waals surface area contributed by atoms with Crippen molar-refractivity contribution in [1.29, 1.82) is 0 Å². The lowest BCUT2D eigenvalue weighted by molar-refractivity contribution is 0.0776. The summed E-state index contributed by atoms with van der Waals surface area (Å²) in [5.74, 6) is -0.298. The van der Waals surface area contributed by atoms with E-state index in [2.05, 4.69) is 21.1 Å². The van der Waals surface area contributed by atoms with Crippen molar-refractivity contribution in [3.8, 4) is 21.8 Å². The van der Waals surface area contributed by atoms with Crippen LogP contribution < -0.4 is 10.7 Å². The molecule has 0 aliphatic carbocycles. The lowest BCUT2D eigenvalue weighted by Crippen LogP contribution is -2.31. The van der Waals surface area contributed by atoms with Crippen molar-refractivity contribution in [2.24, 2.45) is 0 Å². The predicted octanol–water partition coefficient (Wildman–Crippen LogP) is 6.62. The van der Waals surface area contributed by atoms with E-state index in [-0.39, 0.29) is 29.4 Å². The van der Waals surface area contributed by atoms with Gasteiger partial charge in [0, 0.05) is 36.3 Å². The maximum absolute atomic E-state index is 14.1. The largest absolute Gasteiger partial charge is 0.439 e. The fourth-order valence-corrected chi connectivity index (χ4v) is 8.71. The highest BCUT2D eigenvalue weighted by atomic mass is 32.1. The molecule has 0 unspecified atom stereocenters. The summed E-state index contributed by atoms with van der Waals surface area (Å²) in [6, 6.07) is 15.2. The van der Waals surface area contributed by atoms with Gasteiger partial charge in [-0.25, -0.2) is 18.6 Å². The standard InChI is InChI=1S/C36H28F2N6O3S/c37-23-7-3-19(4-8-23)5-10-25-28(33-41-36(46)47-42-33)29(30-31(40-25)26-2-1-14-44(26)35(30)45)27-17-21-11-13-39-34(32(21)48-27)43-15-12-20-16-24(38)9-6-22(20)18-43/h3-4,6-9,11,13,16-17,26H,1-2,5,10,12,14-15,18H2,(H,41,42,46)/t26-/m0/s1. The van der Waals surface area contributed by atoms with Crippen LogP contribution in [-0.2, 0) is 25.8 Å². The number of H-pyrrole nitrogens is 1. The minimum absolute atomic E-state index is 0.0807. The highest BCUT2D eigenvalue weighted by Crippen LogP contribution is 2.50. The molecule has 1 fully saturated rings. The average molecular weight is 663 g/mol. The third kappa shape index (κ3) is 4.73. The number of anilines is 1. The molecule has 9 nitrogen and oxygen atoms in total. The molecule has 7 heterocycles. The van der Waals surface area contributed by atoms with Crippen molar-refractivity contribution in [1.82, 2.24) is 25.0 Å². The first kappa shape index (κ1) is 29.0. The van der Waals surface area contributed by atoms with E-state index in [9.17, 15) is 18.4 Å². The third-order valence-corrected chi connectivity index (χ3v) is 10.9. The van der Waals surface area contributed by atoms with Crippen LogP contribution in [0.5, 0.6) is 0 Å². The average Bonchev–Trinajstić information content (AvgIpc) is 3.89. The molecule has 3 aliphatic heterocycles. The minimum Gasteiger partial charge on any atom is -0.351 e. The number of aryl methyl sites for hydroxylation is 2. The molecule has 4 aromatic heterocycles. The second-order valence-corrected chi connectivity index (χ2v) is 13.6. The number of carbonyl (C=O) groups excluding carboxylic acids is 1. The Kier molecular flexibility index (Phi) is 6.75. The van der Waals surface area contributed by atoms with Gasteiger partial charge in [-0.15, -0.1) is 11.3 Å². The van der Waals surface area contributed by atoms with Gasteiger partial charge in [-0.2, -0.15) is 0 Å². The number of fused-ring (bicyclic) bond motifs is 5. The fourth-order valence-electron chi connectivity index (χ4n) is 7.48. The zero-order chi connectivity index (χ0) is 32.5. The Morgan fingerprint density at radius 2 is 1.79 bits per heavy atom. The second kappa shape index (κ2) is 11.2. The van der Waals surface area contributed by atoms with Crippen LogP contribution in [0.1, 0.15) is 57.3 Å². The van der Waals surface area contributed by atoms with Crippen LogP contribution in [0.15, 0.2) is 70.1 Å². The molecule has 0 spiro atoms. The Hall–Kier alpha value is -5.23. The number of benzene rings is 2. The molecule has 0 saturated carbocycles. The van der Waals surface area contributed by atoms with Gasteiger partial charge in [0.05, 0.1) is 33.3 Å². The molecule has 2 aromatic carbocycles. The molecule has 9 rings (SSSR count). The quantitative estimate of drug-likeness (QED) is 0.214. The van der Waals surface area contributed by atoms with Crippen LogP contribution in [0.4, 0.5) is 14.6 Å². The highest BCUT2D eigenvalue weighted by Gasteiger charge is 2.44. The molecule has 3 aliphatic rings. The summed E-state index contributed by atoms with van der Waals surface area (Å²) in [5.41, 5.74) is 6.18. The summed E-state index contributed by atoms with van der Waals surface area (Å²) in [5, 5.41) is 5.06. The number of rotatable bonds is 6. The van der Waals surface area contributed by atoms with Gasteiger partial charge in [0.25, 0.3) is 5.91 Å². The summed E-state index contributed by atoms with van der Waals surface area (Å²) in [4.78, 5) is 44.1. The Balaban J connectivity index is 1.22. The molecule has 0 bridgehead atoms. The third-order valence-electron chi connectivity index (χ3n) is 9.73. The topological polar surface area (TPSA) is 108 Å². The monoisotopic (exact) mass is 662 g/mol. The zero-order valence-electron chi connectivity index (χ0n) is 25.6. The molecule has 1 N–H and O–H groups in total. The normalized spacial score (nSPS) is 16.9. The molecule has 240 valence electrons. The van der Waals surface area contributed by atoms with E-state index in [0.717, 1.165) is 56.0 Å². The van der Waals surface area contributed by atoms with Gasteiger partial charge in [-0.1, -0.05) is 23.4 Å². The summed E-state index contributed by atoms with van der Waals surface area (Å²) in [7, 11) is 0. The van der Waals surface area contributed by atoms with Gasteiger partial charge >= 0.3 is 5.76 Å². The maximum atomic E-state index is 14.1. The van der Waals surface area contributed by atoms with E-state index in [0.29, 0.717) is 61.3 Å². The van der Waals surface area contributed by atoms with Crippen LogP contribution >= 0.6 is 11.3 Å². The lowest BCUT2D eigenvalue weighted by atomic mass is 9.92. The van der Waals surface area contributed by atoms with Crippen molar-refractivity contribution in [2.45, 2.75) is 44.7 Å². The van der Waals surface area contributed by atoms with E-state index in [4.69, 9.17) is 14.5 Å². The Bertz CT molecular complexity index is 2310. The number of hydrogen-bond acceptors (Lipinski definition) is 8. The van der Waals surface area contributed by atoms with Crippen LogP contribution in [0.3, 0.4) is 0 Å². The van der Waals surface area contributed by atoms with Gasteiger partial charge < -0.3 is 9.80 Å². The fraction of sp³-hybridized carbons (Fsp3) is 0.250. The van der Waals surface area contributed by atoms with E-state index in [1.165, 1.54) is 29.5 Å². The molecule has 0 radical (unpaired) electrons. The number of carbonyl (C=O) groups is 1. The van der Waals surface area contributed by atoms with Crippen molar-refractivity contribution >= 4 is 33.1 Å². The van der Waals surface area contributed by atoms with Crippen molar-refractivity contribution in [3.63, 3.8) is 0 Å². The van der Waals surface area contributed by atoms with E-state index in [1.807, 2.05) is 17.0 Å². The summed E-state index contributed by atoms with van der Waals surface area (Å²) >= 11 is 1.54. The second-order valence-electron chi connectivity index (χ2n) is 12.5. The Morgan fingerprint density at radius 1 is 0.938 bits per heavy atom. The molecule has 6 aromatic rings. The summed E-state index contributed by atoms with van der Waals surface area (Å²) in [6.45, 7) is 1.95. The van der Waals surface area contributed by atoms with Gasteiger partial charge in [0.15, 0.2) is 5.82 Å². The first-order valence-corrected chi connectivity index (χ1v) is 16.8. The SMILES string of the molecule is O=C1c2c(nc(CCc3ccc(F)cc3)c(-c3noc(=O)[nH]3)c2-c2cc3ccnc(N4CCc5cc(F)ccc5C4)c3s2)[C@@H]2CCCN12. The predicted molar refractivity (Wildman–Crippen MR) is 177 cm³/mol. The summed E-state index contributed by atoms with van der Waals surface area (Å²) < 4.78 is 33.6. The molecular weight excluding hydrogens is 634 g/mol. The lowest BCUT2D eigenvalue weighted by Gasteiger charge is -2.30. The molecular formula is C36H28F2N6O3S. The highest BCUT2D eigenvalue weighted by molar-refractivity contribution is 7.23. The van der Waals surface area contributed by atoms with Gasteiger partial charge in [0.1, 0.15) is 17.5 Å². The van der Waals surface area contributed by atoms with Crippen LogP contribution in [0, 0.1) is 11.6 Å². The molecule has 1 amide bonds. The van der Waals surface area contributed by atoms with Crippen molar-refractivity contribution in [3.05, 3.63) is 117 Å². The van der Waals surface area contributed by atoms with Crippen LogP contribution in [0.2, 0.25) is 0 Å². The number of pyridine rings is 2. The summed E-state index contributed by atoms with van der Waals surface area (Å²) in [6.07, 6.45) is 5.24. The van der Waals surface area contributed by atoms with E-state index in [1.54, 1.807) is 24.4 Å². The number of amides is 1. The molecule has 48 heavy (non-hydrogen) atoms. The van der Waals surface area contributed by atoms with Gasteiger partial charge in [-0.05, 0) is 90.6 Å². The first-order chi connectivity index (χ1) is 23.4. The van der Waals surface area contributed by atoms with Crippen molar-refractivity contribution < 1.29 is 18.1 Å². The smallest absolute Gasteiger partial charge is 0.351 e. The van der Waals surface area contributed by atoms with Crippen LogP contribution in [-0.4, -0.2) is 44.0 Å². The number of hydrogen-bond donors (Lipinski definition) is 1. The van der Waals surface area contributed by atoms with Gasteiger partial charge in [-0.3, -0.25) is 19.3 Å². The van der Waals surface area contributed by atoms with E-state index >= 15 is 0 Å². The van der Waals surface area contributed by atoms with E-state index < -0.39 is 5.76 Å². The Morgan fingerprint density at radius 3 is 2.62 bits per heavy atom. The molecule has 1 atom stereocenters. The first-order valence-electron chi connectivity index (χ1n) is 16.0.